The fraction of sp³-hybridized carbons (Fsp3) is 0.312. The van der Waals surface area contributed by atoms with Crippen molar-refractivity contribution in [3.63, 3.8) is 0 Å². The minimum absolute atomic E-state index is 0.0598. The van der Waals surface area contributed by atoms with Gasteiger partial charge in [0.1, 0.15) is 17.3 Å². The topological polar surface area (TPSA) is 94.5 Å². The Morgan fingerprint density at radius 2 is 1.48 bits per heavy atom. The molecule has 40 heavy (non-hydrogen) atoms. The lowest BCUT2D eigenvalue weighted by molar-refractivity contribution is -0.132. The highest BCUT2D eigenvalue weighted by Gasteiger charge is 2.47. The van der Waals surface area contributed by atoms with Crippen LogP contribution in [-0.4, -0.2) is 44.7 Å². The van der Waals surface area contributed by atoms with Gasteiger partial charge in [0.05, 0.1) is 45.1 Å². The van der Waals surface area contributed by atoms with Crippen molar-refractivity contribution in [2.45, 2.75) is 39.2 Å². The highest BCUT2D eigenvalue weighted by atomic mass is 16.5. The fourth-order valence-electron chi connectivity index (χ4n) is 4.81. The molecule has 0 spiro atoms. The van der Waals surface area contributed by atoms with Gasteiger partial charge in [0.25, 0.3) is 11.7 Å². The number of aliphatic hydroxyl groups excluding tert-OH is 1. The molecule has 1 heterocycles. The second-order valence-electron chi connectivity index (χ2n) is 10.4. The van der Waals surface area contributed by atoms with Crippen LogP contribution in [0.3, 0.4) is 0 Å². The number of hydrogen-bond acceptors (Lipinski definition) is 7. The van der Waals surface area contributed by atoms with Gasteiger partial charge >= 0.3 is 0 Å². The van der Waals surface area contributed by atoms with E-state index in [2.05, 4.69) is 0 Å². The highest BCUT2D eigenvalue weighted by Crippen LogP contribution is 2.45. The van der Waals surface area contributed by atoms with Gasteiger partial charge in [-0.1, -0.05) is 32.9 Å². The number of nitrogens with zero attached hydrogens (tertiary/aromatic N) is 1. The van der Waals surface area contributed by atoms with Crippen LogP contribution >= 0.6 is 0 Å². The van der Waals surface area contributed by atoms with E-state index in [1.807, 2.05) is 33.8 Å². The van der Waals surface area contributed by atoms with Crippen LogP contribution in [0.4, 0.5) is 5.69 Å². The Hall–Kier alpha value is -4.46. The maximum atomic E-state index is 13.7. The molecule has 1 N–H and O–H groups in total. The number of amides is 1. The van der Waals surface area contributed by atoms with E-state index in [1.165, 1.54) is 26.2 Å². The molecule has 8 heteroatoms. The number of carbonyl (C=O) groups excluding carboxylic acids is 2. The van der Waals surface area contributed by atoms with Gasteiger partial charge in [0, 0.05) is 5.69 Å². The summed E-state index contributed by atoms with van der Waals surface area (Å²) in [6.07, 6.45) is 0. The first-order valence-corrected chi connectivity index (χ1v) is 13.0. The van der Waals surface area contributed by atoms with Gasteiger partial charge in [0.15, 0.2) is 11.5 Å². The molecule has 1 aliphatic rings. The smallest absolute Gasteiger partial charge is 0.300 e. The molecule has 1 atom stereocenters. The van der Waals surface area contributed by atoms with Gasteiger partial charge in [-0.05, 0) is 72.0 Å². The van der Waals surface area contributed by atoms with Gasteiger partial charge in [-0.15, -0.1) is 0 Å². The van der Waals surface area contributed by atoms with Crippen molar-refractivity contribution in [3.05, 3.63) is 82.9 Å². The number of aliphatic hydroxyl groups is 1. The number of anilines is 1. The summed E-state index contributed by atoms with van der Waals surface area (Å²) in [6, 6.07) is 16.6. The van der Waals surface area contributed by atoms with Crippen LogP contribution in [-0.2, 0) is 15.0 Å². The van der Waals surface area contributed by atoms with Crippen LogP contribution in [0.2, 0.25) is 0 Å². The Labute approximate surface area is 234 Å². The molecule has 1 fully saturated rings. The standard InChI is InChI=1S/C32H35NO7/c1-8-40-22-13-11-21(12-14-22)33-28(19-9-15-25(38-6)26(17-19)39-7)27(30(35)31(33)36)29(34)23-18-20(32(2,3)4)10-16-24(23)37-5/h9-18,28,34H,8H2,1-7H3/b29-27+. The Kier molecular flexibility index (Phi) is 8.09. The number of rotatable bonds is 8. The molecular formula is C32H35NO7. The second-order valence-corrected chi connectivity index (χ2v) is 10.4. The molecule has 210 valence electrons. The number of Topliss-reactive ketones (excluding diaryl/α,β-unsaturated/α-hetero) is 1. The summed E-state index contributed by atoms with van der Waals surface area (Å²) in [7, 11) is 4.53. The van der Waals surface area contributed by atoms with E-state index >= 15 is 0 Å². The molecule has 3 aromatic rings. The van der Waals surface area contributed by atoms with E-state index in [9.17, 15) is 14.7 Å². The van der Waals surface area contributed by atoms with Crippen molar-refractivity contribution in [1.82, 2.24) is 0 Å². The van der Waals surface area contributed by atoms with Gasteiger partial charge in [0.2, 0.25) is 0 Å². The molecule has 1 saturated heterocycles. The lowest BCUT2D eigenvalue weighted by atomic mass is 9.85. The molecule has 1 amide bonds. The van der Waals surface area contributed by atoms with E-state index in [4.69, 9.17) is 18.9 Å². The van der Waals surface area contributed by atoms with Crippen LogP contribution in [0.15, 0.2) is 66.2 Å². The third kappa shape index (κ3) is 5.21. The van der Waals surface area contributed by atoms with Gasteiger partial charge in [-0.2, -0.15) is 0 Å². The zero-order valence-electron chi connectivity index (χ0n) is 23.9. The minimum Gasteiger partial charge on any atom is -0.507 e. The van der Waals surface area contributed by atoms with Crippen LogP contribution < -0.4 is 23.8 Å². The second kappa shape index (κ2) is 11.3. The molecule has 0 saturated carbocycles. The summed E-state index contributed by atoms with van der Waals surface area (Å²) in [6.45, 7) is 8.52. The van der Waals surface area contributed by atoms with E-state index in [-0.39, 0.29) is 16.7 Å². The largest absolute Gasteiger partial charge is 0.507 e. The fourth-order valence-corrected chi connectivity index (χ4v) is 4.81. The maximum Gasteiger partial charge on any atom is 0.300 e. The number of hydrogen-bond donors (Lipinski definition) is 1. The van der Waals surface area contributed by atoms with Crippen LogP contribution in [0, 0.1) is 0 Å². The molecular weight excluding hydrogens is 510 g/mol. The van der Waals surface area contributed by atoms with Crippen LogP contribution in [0.25, 0.3) is 5.76 Å². The number of carbonyl (C=O) groups is 2. The van der Waals surface area contributed by atoms with E-state index in [1.54, 1.807) is 54.6 Å². The number of methoxy groups -OCH3 is 3. The summed E-state index contributed by atoms with van der Waals surface area (Å²) < 4.78 is 22.0. The SMILES string of the molecule is CCOc1ccc(N2C(=O)C(=O)/C(=C(/O)c3cc(C(C)(C)C)ccc3OC)C2c2ccc(OC)c(OC)c2)cc1. The van der Waals surface area contributed by atoms with Crippen molar-refractivity contribution >= 4 is 23.1 Å². The lowest BCUT2D eigenvalue weighted by Gasteiger charge is -2.26. The van der Waals surface area contributed by atoms with Gasteiger partial charge in [-0.3, -0.25) is 14.5 Å². The Morgan fingerprint density at radius 3 is 2.05 bits per heavy atom. The summed E-state index contributed by atoms with van der Waals surface area (Å²) in [5.74, 6) is 0.0202. The maximum absolute atomic E-state index is 13.7. The predicted octanol–water partition coefficient (Wildman–Crippen LogP) is 6.03. The van der Waals surface area contributed by atoms with E-state index in [0.29, 0.717) is 46.4 Å². The Bertz CT molecular complexity index is 1450. The van der Waals surface area contributed by atoms with Crippen molar-refractivity contribution in [3.8, 4) is 23.0 Å². The van der Waals surface area contributed by atoms with Gasteiger partial charge in [-0.25, -0.2) is 0 Å². The van der Waals surface area contributed by atoms with Crippen LogP contribution in [0.1, 0.15) is 50.4 Å². The lowest BCUT2D eigenvalue weighted by Crippen LogP contribution is -2.29. The van der Waals surface area contributed by atoms with Crippen molar-refractivity contribution in [1.29, 1.82) is 0 Å². The zero-order valence-corrected chi connectivity index (χ0v) is 23.9. The molecule has 1 aliphatic heterocycles. The average Bonchev–Trinajstić information content (AvgIpc) is 3.21. The molecule has 0 bridgehead atoms. The summed E-state index contributed by atoms with van der Waals surface area (Å²) in [5, 5.41) is 11.8. The molecule has 4 rings (SSSR count). The highest BCUT2D eigenvalue weighted by molar-refractivity contribution is 6.51. The Balaban J connectivity index is 1.99. The van der Waals surface area contributed by atoms with Crippen LogP contribution in [0.5, 0.6) is 23.0 Å². The summed E-state index contributed by atoms with van der Waals surface area (Å²) >= 11 is 0. The molecule has 8 nitrogen and oxygen atoms in total. The van der Waals surface area contributed by atoms with E-state index < -0.39 is 17.7 Å². The number of ketones is 1. The minimum atomic E-state index is -0.958. The summed E-state index contributed by atoms with van der Waals surface area (Å²) in [5.41, 5.74) is 1.98. The average molecular weight is 546 g/mol. The zero-order chi connectivity index (χ0) is 29.2. The predicted molar refractivity (Wildman–Crippen MR) is 154 cm³/mol. The van der Waals surface area contributed by atoms with E-state index in [0.717, 1.165) is 5.56 Å². The van der Waals surface area contributed by atoms with Crippen molar-refractivity contribution < 1.29 is 33.6 Å². The Morgan fingerprint density at radius 1 is 0.850 bits per heavy atom. The third-order valence-electron chi connectivity index (χ3n) is 6.91. The first-order valence-electron chi connectivity index (χ1n) is 13.0. The molecule has 0 aliphatic carbocycles. The first kappa shape index (κ1) is 28.5. The molecule has 0 aromatic heterocycles. The summed E-state index contributed by atoms with van der Waals surface area (Å²) in [4.78, 5) is 28.7. The number of ether oxygens (including phenoxy) is 4. The quantitative estimate of drug-likeness (QED) is 0.210. The molecule has 3 aromatic carbocycles. The normalized spacial score (nSPS) is 16.7. The monoisotopic (exact) mass is 545 g/mol. The first-order chi connectivity index (χ1) is 19.0. The van der Waals surface area contributed by atoms with Crippen molar-refractivity contribution in [2.24, 2.45) is 0 Å². The van der Waals surface area contributed by atoms with Crippen molar-refractivity contribution in [2.75, 3.05) is 32.8 Å². The molecule has 0 radical (unpaired) electrons. The number of benzene rings is 3. The third-order valence-corrected chi connectivity index (χ3v) is 6.91. The van der Waals surface area contributed by atoms with Gasteiger partial charge < -0.3 is 24.1 Å². The molecule has 1 unspecified atom stereocenters.